The van der Waals surface area contributed by atoms with Gasteiger partial charge in [0.15, 0.2) is 0 Å². The van der Waals surface area contributed by atoms with Crippen molar-refractivity contribution in [3.63, 3.8) is 0 Å². The van der Waals surface area contributed by atoms with E-state index in [2.05, 4.69) is 44.7 Å². The highest BCUT2D eigenvalue weighted by atomic mass is 32.2. The van der Waals surface area contributed by atoms with Crippen LogP contribution < -0.4 is 0 Å². The first kappa shape index (κ1) is 14.7. The third kappa shape index (κ3) is 6.20. The zero-order valence-corrected chi connectivity index (χ0v) is 11.7. The minimum atomic E-state index is 0.705. The van der Waals surface area contributed by atoms with E-state index in [1.807, 2.05) is 11.8 Å². The molecule has 0 N–H and O–H groups in total. The highest BCUT2D eigenvalue weighted by Gasteiger charge is 2.12. The Morgan fingerprint density at radius 1 is 1.43 bits per heavy atom. The van der Waals surface area contributed by atoms with Crippen LogP contribution in [0.5, 0.6) is 0 Å². The molecule has 0 fully saturated rings. The molecule has 0 bridgehead atoms. The fourth-order valence-corrected chi connectivity index (χ4v) is 2.36. The molecule has 0 aromatic rings. The molecule has 0 amide bonds. The van der Waals surface area contributed by atoms with Crippen molar-refractivity contribution in [3.8, 4) is 0 Å². The fraction of sp³-hybridized carbons (Fsp3) is 1.00. The van der Waals surface area contributed by atoms with Gasteiger partial charge in [-0.15, -0.1) is 0 Å². The van der Waals surface area contributed by atoms with Crippen molar-refractivity contribution in [1.82, 2.24) is 4.90 Å². The van der Waals surface area contributed by atoms with Gasteiger partial charge in [-0.1, -0.05) is 13.3 Å². The van der Waals surface area contributed by atoms with E-state index in [0.717, 1.165) is 11.7 Å². The molecular formula is C11H25NS2. The van der Waals surface area contributed by atoms with Crippen molar-refractivity contribution in [2.45, 2.75) is 32.7 Å². The Balaban J connectivity index is 3.74. The second-order valence-corrected chi connectivity index (χ2v) is 5.38. The maximum atomic E-state index is 4.38. The number of thiol groups is 1. The summed E-state index contributed by atoms with van der Waals surface area (Å²) in [5.41, 5.74) is 0. The molecule has 0 saturated carbocycles. The average Bonchev–Trinajstić information content (AvgIpc) is 2.21. The van der Waals surface area contributed by atoms with Crippen molar-refractivity contribution >= 4 is 24.4 Å². The number of rotatable bonds is 8. The summed E-state index contributed by atoms with van der Waals surface area (Å²) in [6.07, 6.45) is 4.71. The molecule has 0 rings (SSSR count). The zero-order chi connectivity index (χ0) is 11.0. The summed E-state index contributed by atoms with van der Waals surface area (Å²) in [5.74, 6) is 3.03. The molecule has 3 heteroatoms. The van der Waals surface area contributed by atoms with E-state index >= 15 is 0 Å². The molecule has 0 aromatic carbocycles. The minimum Gasteiger partial charge on any atom is -0.303 e. The van der Waals surface area contributed by atoms with E-state index in [-0.39, 0.29) is 0 Å². The van der Waals surface area contributed by atoms with Crippen molar-refractivity contribution < 1.29 is 0 Å². The van der Waals surface area contributed by atoms with Gasteiger partial charge in [0, 0.05) is 12.6 Å². The summed E-state index contributed by atoms with van der Waals surface area (Å²) in [6.45, 7) is 5.76. The van der Waals surface area contributed by atoms with Crippen molar-refractivity contribution in [3.05, 3.63) is 0 Å². The lowest BCUT2D eigenvalue weighted by Gasteiger charge is -2.27. The monoisotopic (exact) mass is 235 g/mol. The maximum absolute atomic E-state index is 4.38. The second-order valence-electron chi connectivity index (χ2n) is 4.03. The number of nitrogens with zero attached hydrogens (tertiary/aromatic N) is 1. The Labute approximate surface area is 99.4 Å². The molecular weight excluding hydrogens is 210 g/mol. The highest BCUT2D eigenvalue weighted by Crippen LogP contribution is 2.11. The Bertz CT molecular complexity index is 126. The normalized spacial score (nSPS) is 15.9. The molecule has 0 aromatic heterocycles. The number of hydrogen-bond donors (Lipinski definition) is 1. The molecule has 0 aliphatic heterocycles. The molecule has 0 aliphatic carbocycles. The van der Waals surface area contributed by atoms with E-state index in [1.54, 1.807) is 0 Å². The highest BCUT2D eigenvalue weighted by molar-refractivity contribution is 7.98. The average molecular weight is 235 g/mol. The van der Waals surface area contributed by atoms with Crippen LogP contribution in [0.25, 0.3) is 0 Å². The first-order chi connectivity index (χ1) is 6.65. The van der Waals surface area contributed by atoms with Gasteiger partial charge in [-0.25, -0.2) is 0 Å². The minimum absolute atomic E-state index is 0.705. The first-order valence-electron chi connectivity index (χ1n) is 5.45. The van der Waals surface area contributed by atoms with Gasteiger partial charge in [0.1, 0.15) is 0 Å². The van der Waals surface area contributed by atoms with Crippen LogP contribution in [0, 0.1) is 5.92 Å². The van der Waals surface area contributed by atoms with Crippen molar-refractivity contribution in [2.75, 3.05) is 31.4 Å². The molecule has 14 heavy (non-hydrogen) atoms. The van der Waals surface area contributed by atoms with Gasteiger partial charge in [0.25, 0.3) is 0 Å². The Kier molecular flexibility index (Phi) is 9.35. The molecule has 0 aliphatic rings. The fourth-order valence-electron chi connectivity index (χ4n) is 1.41. The molecule has 2 atom stereocenters. The van der Waals surface area contributed by atoms with Gasteiger partial charge in [0.05, 0.1) is 0 Å². The lowest BCUT2D eigenvalue weighted by molar-refractivity contribution is 0.220. The van der Waals surface area contributed by atoms with E-state index in [1.165, 1.54) is 25.1 Å². The van der Waals surface area contributed by atoms with Crippen LogP contribution in [0.4, 0.5) is 0 Å². The third-order valence-electron chi connectivity index (χ3n) is 2.87. The van der Waals surface area contributed by atoms with Crippen LogP contribution >= 0.6 is 24.4 Å². The molecule has 0 radical (unpaired) electrons. The van der Waals surface area contributed by atoms with Crippen LogP contribution in [0.15, 0.2) is 0 Å². The van der Waals surface area contributed by atoms with Gasteiger partial charge in [-0.3, -0.25) is 0 Å². The smallest absolute Gasteiger partial charge is 0.00718 e. The van der Waals surface area contributed by atoms with E-state index in [4.69, 9.17) is 0 Å². The van der Waals surface area contributed by atoms with Crippen LogP contribution in [-0.2, 0) is 0 Å². The number of thioether (sulfide) groups is 1. The summed E-state index contributed by atoms with van der Waals surface area (Å²) < 4.78 is 0. The molecule has 0 spiro atoms. The van der Waals surface area contributed by atoms with Crippen LogP contribution in [0.2, 0.25) is 0 Å². The lowest BCUT2D eigenvalue weighted by atomic mass is 10.1. The van der Waals surface area contributed by atoms with Crippen molar-refractivity contribution in [1.29, 1.82) is 0 Å². The Hall–Kier alpha value is 0.660. The summed E-state index contributed by atoms with van der Waals surface area (Å²) in [5, 5.41) is 0. The zero-order valence-electron chi connectivity index (χ0n) is 9.99. The molecule has 2 unspecified atom stereocenters. The first-order valence-corrected chi connectivity index (χ1v) is 7.48. The summed E-state index contributed by atoms with van der Waals surface area (Å²) in [6, 6.07) is 0.705. The summed E-state index contributed by atoms with van der Waals surface area (Å²) in [7, 11) is 2.23. The largest absolute Gasteiger partial charge is 0.303 e. The SMILES string of the molecule is CCC(CS)CN(C)C(C)CCSC. The quantitative estimate of drug-likeness (QED) is 0.644. The van der Waals surface area contributed by atoms with Crippen molar-refractivity contribution in [2.24, 2.45) is 5.92 Å². The summed E-state index contributed by atoms with van der Waals surface area (Å²) >= 11 is 6.31. The van der Waals surface area contributed by atoms with Gasteiger partial charge >= 0.3 is 0 Å². The Morgan fingerprint density at radius 2 is 2.07 bits per heavy atom. The molecule has 0 heterocycles. The third-order valence-corrected chi connectivity index (χ3v) is 4.03. The van der Waals surface area contributed by atoms with Crippen LogP contribution in [0.3, 0.4) is 0 Å². The number of hydrogen-bond acceptors (Lipinski definition) is 3. The van der Waals surface area contributed by atoms with E-state index < -0.39 is 0 Å². The predicted octanol–water partition coefficient (Wildman–Crippen LogP) is 3.02. The van der Waals surface area contributed by atoms with Crippen LogP contribution in [-0.4, -0.2) is 42.3 Å². The topological polar surface area (TPSA) is 3.24 Å². The van der Waals surface area contributed by atoms with Gasteiger partial charge < -0.3 is 4.90 Å². The standard InChI is InChI=1S/C11H25NS2/c1-5-11(9-13)8-12(3)10(2)6-7-14-4/h10-11,13H,5-9H2,1-4H3. The Morgan fingerprint density at radius 3 is 2.50 bits per heavy atom. The second kappa shape index (κ2) is 8.93. The van der Waals surface area contributed by atoms with Gasteiger partial charge in [-0.2, -0.15) is 24.4 Å². The molecule has 86 valence electrons. The van der Waals surface area contributed by atoms with Crippen LogP contribution in [0.1, 0.15) is 26.7 Å². The van der Waals surface area contributed by atoms with Gasteiger partial charge in [-0.05, 0) is 44.1 Å². The molecule has 0 saturated heterocycles. The predicted molar refractivity (Wildman–Crippen MR) is 72.7 cm³/mol. The van der Waals surface area contributed by atoms with E-state index in [0.29, 0.717) is 6.04 Å². The molecule has 1 nitrogen and oxygen atoms in total. The lowest BCUT2D eigenvalue weighted by Crippen LogP contribution is -2.34. The van der Waals surface area contributed by atoms with E-state index in [9.17, 15) is 0 Å². The maximum Gasteiger partial charge on any atom is 0.00718 e. The van der Waals surface area contributed by atoms with Gasteiger partial charge in [0.2, 0.25) is 0 Å². The summed E-state index contributed by atoms with van der Waals surface area (Å²) in [4.78, 5) is 2.47.